The van der Waals surface area contributed by atoms with Crippen molar-refractivity contribution in [1.82, 2.24) is 14.5 Å². The van der Waals surface area contributed by atoms with E-state index in [-0.39, 0.29) is 19.6 Å². The van der Waals surface area contributed by atoms with Crippen LogP contribution in [-0.2, 0) is 21.3 Å². The van der Waals surface area contributed by atoms with Crippen LogP contribution in [0.3, 0.4) is 0 Å². The summed E-state index contributed by atoms with van der Waals surface area (Å²) in [6.07, 6.45) is 4.42. The minimum absolute atomic E-state index is 0.0780. The Morgan fingerprint density at radius 2 is 1.97 bits per heavy atom. The number of aromatic nitrogens is 1. The van der Waals surface area contributed by atoms with Gasteiger partial charge in [0.25, 0.3) is 15.7 Å². The van der Waals surface area contributed by atoms with Crippen LogP contribution in [0.25, 0.3) is 5.57 Å². The third-order valence-electron chi connectivity index (χ3n) is 5.98. The molecule has 0 bridgehead atoms. The second-order valence-electron chi connectivity index (χ2n) is 8.33. The number of para-hydroxylation sites is 1. The molecule has 0 saturated heterocycles. The molecule has 1 amide bonds. The standard InChI is InChI=1S/C25H24N4O8S/c1-2-12-37-29(38(34,35)24-11-7-6-10-21(24)28(32)33)23-14-19(20-15-26-36-17-20)16-27(25(30)31)22(23)13-18-8-4-3-5-9-18/h2-11,14-15,17,22-23H,1,12-13,16H2,(H,30,31). The van der Waals surface area contributed by atoms with E-state index in [2.05, 4.69) is 11.7 Å². The summed E-state index contributed by atoms with van der Waals surface area (Å²) in [6.45, 7) is 3.22. The molecule has 2 unspecified atom stereocenters. The number of sulfonamides is 1. The molecule has 0 aliphatic carbocycles. The Morgan fingerprint density at radius 3 is 2.61 bits per heavy atom. The Hall–Kier alpha value is -4.33. The number of benzene rings is 2. The first-order valence-corrected chi connectivity index (χ1v) is 12.8. The fraction of sp³-hybridized carbons (Fsp3) is 0.200. The molecule has 0 spiro atoms. The van der Waals surface area contributed by atoms with Crippen LogP contribution in [0.5, 0.6) is 0 Å². The average Bonchev–Trinajstić information content (AvgIpc) is 3.45. The molecule has 38 heavy (non-hydrogen) atoms. The van der Waals surface area contributed by atoms with Gasteiger partial charge in [-0.25, -0.2) is 13.2 Å². The highest BCUT2D eigenvalue weighted by Gasteiger charge is 2.45. The molecule has 1 N–H and O–H groups in total. The minimum Gasteiger partial charge on any atom is -0.465 e. The van der Waals surface area contributed by atoms with Gasteiger partial charge in [0, 0.05) is 18.2 Å². The van der Waals surface area contributed by atoms with Gasteiger partial charge in [-0.2, -0.15) is 0 Å². The first-order chi connectivity index (χ1) is 18.2. The number of carbonyl (C=O) groups is 1. The molecule has 0 radical (unpaired) electrons. The third-order valence-corrected chi connectivity index (χ3v) is 7.71. The average molecular weight is 541 g/mol. The van der Waals surface area contributed by atoms with E-state index < -0.39 is 43.7 Å². The van der Waals surface area contributed by atoms with Crippen LogP contribution in [0.1, 0.15) is 11.1 Å². The van der Waals surface area contributed by atoms with Gasteiger partial charge >= 0.3 is 6.09 Å². The number of hydrogen-bond acceptors (Lipinski definition) is 8. The summed E-state index contributed by atoms with van der Waals surface area (Å²) in [5.74, 6) is 0. The lowest BCUT2D eigenvalue weighted by Gasteiger charge is -2.42. The summed E-state index contributed by atoms with van der Waals surface area (Å²) in [5.41, 5.74) is 0.981. The summed E-state index contributed by atoms with van der Waals surface area (Å²) in [6, 6.07) is 11.7. The zero-order chi connectivity index (χ0) is 27.3. The number of carboxylic acid groups (broad SMARTS) is 1. The minimum atomic E-state index is -4.70. The van der Waals surface area contributed by atoms with Crippen molar-refractivity contribution < 1.29 is 32.6 Å². The molecule has 3 aromatic rings. The first kappa shape index (κ1) is 26.7. The highest BCUT2D eigenvalue weighted by atomic mass is 32.2. The molecular weight excluding hydrogens is 516 g/mol. The van der Waals surface area contributed by atoms with Gasteiger partial charge in [0.15, 0.2) is 4.90 Å². The van der Waals surface area contributed by atoms with Crippen molar-refractivity contribution in [1.29, 1.82) is 0 Å². The van der Waals surface area contributed by atoms with Crippen LogP contribution < -0.4 is 0 Å². The van der Waals surface area contributed by atoms with Gasteiger partial charge in [0.05, 0.1) is 29.8 Å². The monoisotopic (exact) mass is 540 g/mol. The summed E-state index contributed by atoms with van der Waals surface area (Å²) in [4.78, 5) is 29.5. The van der Waals surface area contributed by atoms with Crippen LogP contribution in [0.2, 0.25) is 0 Å². The maximum absolute atomic E-state index is 14.0. The van der Waals surface area contributed by atoms with Crippen molar-refractivity contribution in [2.45, 2.75) is 23.4 Å². The Balaban J connectivity index is 1.91. The molecule has 2 aromatic carbocycles. The Bertz CT molecular complexity index is 1440. The van der Waals surface area contributed by atoms with Gasteiger partial charge in [-0.15, -0.1) is 6.58 Å². The molecule has 1 aliphatic heterocycles. The molecule has 1 aliphatic rings. The number of amides is 1. The summed E-state index contributed by atoms with van der Waals surface area (Å²) in [5, 5.41) is 25.5. The molecule has 2 heterocycles. The summed E-state index contributed by atoms with van der Waals surface area (Å²) >= 11 is 0. The summed E-state index contributed by atoms with van der Waals surface area (Å²) < 4.78 is 33.5. The molecule has 198 valence electrons. The van der Waals surface area contributed by atoms with E-state index in [1.807, 2.05) is 0 Å². The topological polar surface area (TPSA) is 156 Å². The number of nitro benzene ring substituents is 1. The van der Waals surface area contributed by atoms with Crippen molar-refractivity contribution in [2.75, 3.05) is 13.2 Å². The molecule has 0 saturated carbocycles. The Kier molecular flexibility index (Phi) is 8.00. The highest BCUT2D eigenvalue weighted by Crippen LogP contribution is 2.34. The SMILES string of the molecule is C=CCON(C1C=C(c2cnoc2)CN(C(=O)O)C1Cc1ccccc1)S(=O)(=O)c1ccccc1[N+](=O)[O-]. The van der Waals surface area contributed by atoms with E-state index in [0.717, 1.165) is 22.6 Å². The predicted octanol–water partition coefficient (Wildman–Crippen LogP) is 3.75. The normalized spacial score (nSPS) is 17.7. The van der Waals surface area contributed by atoms with Gasteiger partial charge in [-0.1, -0.05) is 64.2 Å². The Labute approximate surface area is 218 Å². The zero-order valence-electron chi connectivity index (χ0n) is 20.0. The highest BCUT2D eigenvalue weighted by molar-refractivity contribution is 7.89. The number of rotatable bonds is 10. The van der Waals surface area contributed by atoms with Crippen molar-refractivity contribution in [3.05, 3.63) is 107 Å². The van der Waals surface area contributed by atoms with Crippen LogP contribution in [0, 0.1) is 10.1 Å². The number of nitro groups is 1. The van der Waals surface area contributed by atoms with Crippen molar-refractivity contribution in [2.24, 2.45) is 0 Å². The number of hydrogen-bond donors (Lipinski definition) is 1. The summed E-state index contributed by atoms with van der Waals surface area (Å²) in [7, 11) is -4.70. The van der Waals surface area contributed by atoms with Gasteiger partial charge in [0.2, 0.25) is 0 Å². The maximum atomic E-state index is 14.0. The largest absolute Gasteiger partial charge is 0.465 e. The van der Waals surface area contributed by atoms with Gasteiger partial charge in [-0.3, -0.25) is 19.9 Å². The second-order valence-corrected chi connectivity index (χ2v) is 10.1. The fourth-order valence-electron chi connectivity index (χ4n) is 4.27. The molecule has 13 heteroatoms. The van der Waals surface area contributed by atoms with Crippen LogP contribution in [-0.4, -0.2) is 64.3 Å². The van der Waals surface area contributed by atoms with E-state index >= 15 is 0 Å². The van der Waals surface area contributed by atoms with Crippen molar-refractivity contribution in [3.8, 4) is 0 Å². The molecule has 0 fully saturated rings. The van der Waals surface area contributed by atoms with Crippen LogP contribution in [0.4, 0.5) is 10.5 Å². The quantitative estimate of drug-likeness (QED) is 0.230. The van der Waals surface area contributed by atoms with E-state index in [1.165, 1.54) is 30.7 Å². The molecule has 1 aromatic heterocycles. The maximum Gasteiger partial charge on any atom is 0.407 e. The van der Waals surface area contributed by atoms with Gasteiger partial charge in [-0.05, 0) is 23.6 Å². The number of hydroxylamine groups is 1. The smallest absolute Gasteiger partial charge is 0.407 e. The van der Waals surface area contributed by atoms with Gasteiger partial charge in [0.1, 0.15) is 6.26 Å². The number of nitrogens with zero attached hydrogens (tertiary/aromatic N) is 4. The van der Waals surface area contributed by atoms with Crippen LogP contribution in [0.15, 0.2) is 95.2 Å². The first-order valence-electron chi connectivity index (χ1n) is 11.4. The van der Waals surface area contributed by atoms with Crippen molar-refractivity contribution >= 4 is 27.4 Å². The molecule has 12 nitrogen and oxygen atoms in total. The van der Waals surface area contributed by atoms with E-state index in [0.29, 0.717) is 15.6 Å². The second kappa shape index (κ2) is 11.4. The lowest BCUT2D eigenvalue weighted by Crippen LogP contribution is -2.57. The van der Waals surface area contributed by atoms with Crippen LogP contribution >= 0.6 is 0 Å². The van der Waals surface area contributed by atoms with E-state index in [9.17, 15) is 28.4 Å². The van der Waals surface area contributed by atoms with Crippen molar-refractivity contribution in [3.63, 3.8) is 0 Å². The van der Waals surface area contributed by atoms with E-state index in [4.69, 9.17) is 9.36 Å². The Morgan fingerprint density at radius 1 is 1.26 bits per heavy atom. The lowest BCUT2D eigenvalue weighted by atomic mass is 9.91. The fourth-order valence-corrected chi connectivity index (χ4v) is 5.84. The molecule has 2 atom stereocenters. The molecular formula is C25H24N4O8S. The predicted molar refractivity (Wildman–Crippen MR) is 135 cm³/mol. The van der Waals surface area contributed by atoms with Gasteiger partial charge < -0.3 is 9.63 Å². The zero-order valence-corrected chi connectivity index (χ0v) is 20.8. The van der Waals surface area contributed by atoms with E-state index in [1.54, 1.807) is 36.4 Å². The molecule has 4 rings (SSSR count). The third kappa shape index (κ3) is 5.49. The lowest BCUT2D eigenvalue weighted by molar-refractivity contribution is -0.388.